The molecule has 94 valence electrons. The first kappa shape index (κ1) is 12.7. The zero-order chi connectivity index (χ0) is 13.1. The Morgan fingerprint density at radius 2 is 2.06 bits per heavy atom. The van der Waals surface area contributed by atoms with Gasteiger partial charge in [0, 0.05) is 0 Å². The number of nitrogens with zero attached hydrogens (tertiary/aromatic N) is 1. The maximum Gasteiger partial charge on any atom is 0.145 e. The summed E-state index contributed by atoms with van der Waals surface area (Å²) in [5.74, 6) is 1.48. The molecule has 0 spiro atoms. The molecule has 0 fully saturated rings. The van der Waals surface area contributed by atoms with Crippen LogP contribution in [-0.2, 0) is 0 Å². The normalized spacial score (nSPS) is 10.2. The van der Waals surface area contributed by atoms with E-state index in [2.05, 4.69) is 26.2 Å². The van der Waals surface area contributed by atoms with Crippen LogP contribution in [0, 0.1) is 6.92 Å². The van der Waals surface area contributed by atoms with Crippen molar-refractivity contribution in [1.82, 2.24) is 4.98 Å². The molecule has 0 aliphatic carbocycles. The third-order valence-electron chi connectivity index (χ3n) is 2.66. The number of methoxy groups -OCH3 is 1. The number of halogens is 1. The molecule has 4 nitrogen and oxygen atoms in total. The molecule has 0 bridgehead atoms. The Balaban J connectivity index is 2.37. The first-order valence-corrected chi connectivity index (χ1v) is 6.23. The number of pyridine rings is 1. The molecule has 0 aliphatic heterocycles. The predicted molar refractivity (Wildman–Crippen MR) is 77.4 cm³/mol. The average molecular weight is 308 g/mol. The fourth-order valence-corrected chi connectivity index (χ4v) is 1.98. The number of nitrogens with two attached hydrogens (primary N) is 1. The third kappa shape index (κ3) is 2.41. The van der Waals surface area contributed by atoms with Crippen molar-refractivity contribution in [2.75, 3.05) is 18.2 Å². The van der Waals surface area contributed by atoms with Gasteiger partial charge in [-0.05, 0) is 40.5 Å². The maximum absolute atomic E-state index is 5.79. The SMILES string of the molecule is COc1ccccc1Nc1ncc(N)c(C)c1Br. The Kier molecular flexibility index (Phi) is 3.72. The van der Waals surface area contributed by atoms with Crippen molar-refractivity contribution in [2.45, 2.75) is 6.92 Å². The van der Waals surface area contributed by atoms with Crippen LogP contribution in [0.1, 0.15) is 5.56 Å². The van der Waals surface area contributed by atoms with E-state index in [1.807, 2.05) is 31.2 Å². The van der Waals surface area contributed by atoms with Gasteiger partial charge in [-0.25, -0.2) is 4.98 Å². The molecule has 5 heteroatoms. The predicted octanol–water partition coefficient (Wildman–Crippen LogP) is 3.49. The summed E-state index contributed by atoms with van der Waals surface area (Å²) < 4.78 is 6.14. The van der Waals surface area contributed by atoms with Gasteiger partial charge in [0.25, 0.3) is 0 Å². The van der Waals surface area contributed by atoms with Gasteiger partial charge in [-0.1, -0.05) is 12.1 Å². The van der Waals surface area contributed by atoms with Crippen LogP contribution in [0.3, 0.4) is 0 Å². The van der Waals surface area contributed by atoms with Crippen molar-refractivity contribution < 1.29 is 4.74 Å². The number of ether oxygens (including phenoxy) is 1. The van der Waals surface area contributed by atoms with Crippen molar-refractivity contribution in [3.05, 3.63) is 40.5 Å². The first-order valence-electron chi connectivity index (χ1n) is 5.44. The average Bonchev–Trinajstić information content (AvgIpc) is 2.40. The molecular weight excluding hydrogens is 294 g/mol. The Morgan fingerprint density at radius 1 is 1.33 bits per heavy atom. The molecule has 0 atom stereocenters. The first-order chi connectivity index (χ1) is 8.63. The van der Waals surface area contributed by atoms with Gasteiger partial charge in [0.1, 0.15) is 11.6 Å². The van der Waals surface area contributed by atoms with Crippen LogP contribution < -0.4 is 15.8 Å². The van der Waals surface area contributed by atoms with E-state index < -0.39 is 0 Å². The molecule has 0 aliphatic rings. The highest BCUT2D eigenvalue weighted by Crippen LogP contribution is 2.32. The summed E-state index contributed by atoms with van der Waals surface area (Å²) in [5, 5.41) is 3.22. The minimum absolute atomic E-state index is 0.660. The summed E-state index contributed by atoms with van der Waals surface area (Å²) in [5.41, 5.74) is 8.27. The molecule has 0 unspecified atom stereocenters. The fraction of sp³-hybridized carbons (Fsp3) is 0.154. The minimum Gasteiger partial charge on any atom is -0.495 e. The Morgan fingerprint density at radius 3 is 2.78 bits per heavy atom. The molecule has 0 amide bonds. The van der Waals surface area contributed by atoms with E-state index in [0.29, 0.717) is 11.5 Å². The van der Waals surface area contributed by atoms with Gasteiger partial charge in [-0.3, -0.25) is 0 Å². The van der Waals surface area contributed by atoms with Crippen molar-refractivity contribution in [1.29, 1.82) is 0 Å². The standard InChI is InChI=1S/C13H14BrN3O/c1-8-9(15)7-16-13(12(8)14)17-10-5-3-4-6-11(10)18-2/h3-7H,15H2,1-2H3,(H,16,17). The van der Waals surface area contributed by atoms with E-state index in [-0.39, 0.29) is 0 Å². The van der Waals surface area contributed by atoms with E-state index in [1.165, 1.54) is 0 Å². The number of anilines is 3. The van der Waals surface area contributed by atoms with Gasteiger partial charge in [-0.15, -0.1) is 0 Å². The lowest BCUT2D eigenvalue weighted by atomic mass is 10.2. The molecule has 1 aromatic heterocycles. The second kappa shape index (κ2) is 5.27. The summed E-state index contributed by atoms with van der Waals surface area (Å²) in [6, 6.07) is 7.67. The second-order valence-corrected chi connectivity index (χ2v) is 4.62. The van der Waals surface area contributed by atoms with Crippen molar-refractivity contribution in [2.24, 2.45) is 0 Å². The monoisotopic (exact) mass is 307 g/mol. The zero-order valence-electron chi connectivity index (χ0n) is 10.2. The lowest BCUT2D eigenvalue weighted by molar-refractivity contribution is 0.417. The smallest absolute Gasteiger partial charge is 0.145 e. The van der Waals surface area contributed by atoms with Gasteiger partial charge in [0.2, 0.25) is 0 Å². The van der Waals surface area contributed by atoms with Crippen molar-refractivity contribution in [3.63, 3.8) is 0 Å². The third-order valence-corrected chi connectivity index (χ3v) is 3.63. The van der Waals surface area contributed by atoms with Crippen LogP contribution in [0.5, 0.6) is 5.75 Å². The molecule has 0 saturated carbocycles. The molecule has 3 N–H and O–H groups in total. The van der Waals surface area contributed by atoms with Crippen LogP contribution in [0.15, 0.2) is 34.9 Å². The molecular formula is C13H14BrN3O. The number of hydrogen-bond donors (Lipinski definition) is 2. The number of para-hydroxylation sites is 2. The van der Waals surface area contributed by atoms with Gasteiger partial charge < -0.3 is 15.8 Å². The highest BCUT2D eigenvalue weighted by atomic mass is 79.9. The molecule has 1 aromatic carbocycles. The molecule has 0 radical (unpaired) electrons. The number of rotatable bonds is 3. The van der Waals surface area contributed by atoms with Gasteiger partial charge in [0.15, 0.2) is 0 Å². The Bertz CT molecular complexity index is 572. The lowest BCUT2D eigenvalue weighted by Crippen LogP contribution is -2.00. The summed E-state index contributed by atoms with van der Waals surface area (Å²) in [7, 11) is 1.64. The zero-order valence-corrected chi connectivity index (χ0v) is 11.8. The Labute approximate surface area is 114 Å². The largest absolute Gasteiger partial charge is 0.495 e. The Hall–Kier alpha value is -1.75. The summed E-state index contributed by atoms with van der Waals surface area (Å²) in [6.45, 7) is 1.94. The summed E-state index contributed by atoms with van der Waals surface area (Å²) in [6.07, 6.45) is 1.64. The molecule has 2 rings (SSSR count). The summed E-state index contributed by atoms with van der Waals surface area (Å²) >= 11 is 3.49. The topological polar surface area (TPSA) is 60.2 Å². The van der Waals surface area contributed by atoms with Crippen molar-refractivity contribution in [3.8, 4) is 5.75 Å². The van der Waals surface area contributed by atoms with Gasteiger partial charge in [0.05, 0.1) is 29.2 Å². The van der Waals surface area contributed by atoms with E-state index >= 15 is 0 Å². The lowest BCUT2D eigenvalue weighted by Gasteiger charge is -2.13. The molecule has 18 heavy (non-hydrogen) atoms. The number of nitrogens with one attached hydrogen (secondary N) is 1. The van der Waals surface area contributed by atoms with Gasteiger partial charge in [-0.2, -0.15) is 0 Å². The minimum atomic E-state index is 0.660. The van der Waals surface area contributed by atoms with Crippen LogP contribution in [0.4, 0.5) is 17.2 Å². The highest BCUT2D eigenvalue weighted by Gasteiger charge is 2.09. The molecule has 2 aromatic rings. The van der Waals surface area contributed by atoms with E-state index in [4.69, 9.17) is 10.5 Å². The maximum atomic E-state index is 5.79. The number of aromatic nitrogens is 1. The van der Waals surface area contributed by atoms with Crippen LogP contribution >= 0.6 is 15.9 Å². The van der Waals surface area contributed by atoms with E-state index in [9.17, 15) is 0 Å². The van der Waals surface area contributed by atoms with Crippen LogP contribution in [0.25, 0.3) is 0 Å². The highest BCUT2D eigenvalue weighted by molar-refractivity contribution is 9.10. The van der Waals surface area contributed by atoms with Gasteiger partial charge >= 0.3 is 0 Å². The summed E-state index contributed by atoms with van der Waals surface area (Å²) in [4.78, 5) is 4.27. The number of nitrogen functional groups attached to an aromatic ring is 1. The number of benzene rings is 1. The quantitative estimate of drug-likeness (QED) is 0.911. The second-order valence-electron chi connectivity index (χ2n) is 3.83. The fourth-order valence-electron chi connectivity index (χ4n) is 1.55. The number of hydrogen-bond acceptors (Lipinski definition) is 4. The van der Waals surface area contributed by atoms with Crippen LogP contribution in [-0.4, -0.2) is 12.1 Å². The molecule has 0 saturated heterocycles. The molecule has 1 heterocycles. The van der Waals surface area contributed by atoms with Crippen LogP contribution in [0.2, 0.25) is 0 Å². The van der Waals surface area contributed by atoms with Crippen molar-refractivity contribution >= 4 is 33.1 Å². The van der Waals surface area contributed by atoms with E-state index in [0.717, 1.165) is 21.5 Å². The van der Waals surface area contributed by atoms with E-state index in [1.54, 1.807) is 13.3 Å².